The van der Waals surface area contributed by atoms with Gasteiger partial charge in [-0.3, -0.25) is 9.78 Å². The molecule has 224 valence electrons. The first-order chi connectivity index (χ1) is 21.1. The molecule has 2 aromatic carbocycles. The highest BCUT2D eigenvalue weighted by molar-refractivity contribution is 6.35. The second-order valence-electron chi connectivity index (χ2n) is 13.6. The molecule has 8 rings (SSSR count). The van der Waals surface area contributed by atoms with Gasteiger partial charge in [-0.1, -0.05) is 49.7 Å². The lowest BCUT2D eigenvalue weighted by Gasteiger charge is -2.24. The third-order valence-electron chi connectivity index (χ3n) is 9.17. The summed E-state index contributed by atoms with van der Waals surface area (Å²) in [6.45, 7) is 7.08. The number of nitriles is 1. The minimum atomic E-state index is -0.428. The number of pyridine rings is 2. The molecule has 5 aromatic rings. The van der Waals surface area contributed by atoms with E-state index in [1.165, 1.54) is 12.8 Å². The summed E-state index contributed by atoms with van der Waals surface area (Å²) in [6, 6.07) is 13.8. The van der Waals surface area contributed by atoms with Gasteiger partial charge in [0.05, 0.1) is 40.1 Å². The summed E-state index contributed by atoms with van der Waals surface area (Å²) in [6.07, 6.45) is 9.11. The second kappa shape index (κ2) is 10.6. The molecule has 2 N–H and O–H groups in total. The Kier molecular flexibility index (Phi) is 6.85. The molecule has 9 nitrogen and oxygen atoms in total. The summed E-state index contributed by atoms with van der Waals surface area (Å²) in [5.74, 6) is 1.47. The number of benzene rings is 2. The summed E-state index contributed by atoms with van der Waals surface area (Å²) in [7, 11) is 1.76. The van der Waals surface area contributed by atoms with Crippen molar-refractivity contribution in [1.82, 2.24) is 24.5 Å². The monoisotopic (exact) mass is 606 g/mol. The molecule has 0 spiro atoms. The Morgan fingerprint density at radius 3 is 2.68 bits per heavy atom. The van der Waals surface area contributed by atoms with Gasteiger partial charge in [0.25, 0.3) is 5.56 Å². The number of hydrogen-bond donors (Lipinski definition) is 2. The molecule has 0 radical (unpaired) electrons. The number of aromatic nitrogens is 5. The van der Waals surface area contributed by atoms with Gasteiger partial charge in [-0.25, -0.2) is 4.68 Å². The average Bonchev–Trinajstić information content (AvgIpc) is 3.72. The number of fused-ring (bicyclic) bond motifs is 3. The van der Waals surface area contributed by atoms with Gasteiger partial charge in [0.1, 0.15) is 11.8 Å². The lowest BCUT2D eigenvalue weighted by Crippen LogP contribution is -2.20. The molecule has 1 unspecified atom stereocenters. The van der Waals surface area contributed by atoms with Gasteiger partial charge < -0.3 is 15.2 Å². The third-order valence-corrected chi connectivity index (χ3v) is 9.46. The number of halogens is 1. The van der Waals surface area contributed by atoms with Gasteiger partial charge in [-0.15, -0.1) is 5.10 Å². The molecule has 3 saturated carbocycles. The third kappa shape index (κ3) is 4.97. The zero-order valence-corrected chi connectivity index (χ0v) is 26.1. The first kappa shape index (κ1) is 28.4. The first-order valence-electron chi connectivity index (χ1n) is 15.1. The topological polar surface area (TPSA) is 113 Å². The largest absolute Gasteiger partial charge is 0.383 e. The minimum absolute atomic E-state index is 0.00980. The maximum absolute atomic E-state index is 13.1. The predicted molar refractivity (Wildman–Crippen MR) is 174 cm³/mol. The number of anilines is 2. The molecule has 0 amide bonds. The van der Waals surface area contributed by atoms with Crippen LogP contribution in [0.3, 0.4) is 0 Å². The van der Waals surface area contributed by atoms with Crippen LogP contribution in [0.4, 0.5) is 11.4 Å². The van der Waals surface area contributed by atoms with E-state index in [4.69, 9.17) is 11.6 Å². The van der Waals surface area contributed by atoms with E-state index >= 15 is 0 Å². The van der Waals surface area contributed by atoms with Crippen molar-refractivity contribution in [3.8, 4) is 6.07 Å². The lowest BCUT2D eigenvalue weighted by molar-refractivity contribution is 0.266. The fourth-order valence-electron chi connectivity index (χ4n) is 6.84. The smallest absolute Gasteiger partial charge is 0.258 e. The highest BCUT2D eigenvalue weighted by Gasteiger charge is 2.45. The first-order valence-corrected chi connectivity index (χ1v) is 15.5. The summed E-state index contributed by atoms with van der Waals surface area (Å²) >= 11 is 6.85. The summed E-state index contributed by atoms with van der Waals surface area (Å²) in [4.78, 5) is 17.6. The summed E-state index contributed by atoms with van der Waals surface area (Å²) in [5.41, 5.74) is 4.11. The summed E-state index contributed by atoms with van der Waals surface area (Å²) in [5, 5.41) is 29.1. The fourth-order valence-corrected chi connectivity index (χ4v) is 7.11. The fraction of sp³-hybridized carbons (Fsp3) is 0.382. The van der Waals surface area contributed by atoms with Crippen LogP contribution in [0.5, 0.6) is 0 Å². The Labute approximate surface area is 260 Å². The van der Waals surface area contributed by atoms with Crippen molar-refractivity contribution in [2.75, 3.05) is 17.2 Å². The van der Waals surface area contributed by atoms with Crippen LogP contribution < -0.4 is 16.2 Å². The molecule has 3 aromatic heterocycles. The Morgan fingerprint density at radius 1 is 1.14 bits per heavy atom. The number of nitrogens with one attached hydrogen (secondary N) is 2. The molecule has 3 heterocycles. The van der Waals surface area contributed by atoms with E-state index < -0.39 is 6.04 Å². The van der Waals surface area contributed by atoms with Gasteiger partial charge in [0, 0.05) is 42.4 Å². The van der Waals surface area contributed by atoms with Crippen molar-refractivity contribution < 1.29 is 0 Å². The predicted octanol–water partition coefficient (Wildman–Crippen LogP) is 6.83. The molecule has 3 fully saturated rings. The molecular weight excluding hydrogens is 572 g/mol. The normalized spacial score (nSPS) is 20.0. The van der Waals surface area contributed by atoms with Crippen LogP contribution in [0.25, 0.3) is 21.7 Å². The van der Waals surface area contributed by atoms with Gasteiger partial charge in [-0.2, -0.15) is 5.26 Å². The van der Waals surface area contributed by atoms with Crippen LogP contribution in [0.15, 0.2) is 59.8 Å². The average molecular weight is 607 g/mol. The Morgan fingerprint density at radius 2 is 1.95 bits per heavy atom. The van der Waals surface area contributed by atoms with Crippen LogP contribution in [0.1, 0.15) is 68.9 Å². The number of hydrogen-bond acceptors (Lipinski definition) is 7. The highest BCUT2D eigenvalue weighted by Crippen LogP contribution is 2.54. The second-order valence-corrected chi connectivity index (χ2v) is 14.0. The maximum atomic E-state index is 13.1. The van der Waals surface area contributed by atoms with Crippen LogP contribution in [0.2, 0.25) is 5.02 Å². The molecule has 3 aliphatic rings. The van der Waals surface area contributed by atoms with Crippen molar-refractivity contribution in [3.05, 3.63) is 87.2 Å². The van der Waals surface area contributed by atoms with E-state index in [0.717, 1.165) is 40.1 Å². The molecule has 0 aliphatic heterocycles. The summed E-state index contributed by atoms with van der Waals surface area (Å²) < 4.78 is 3.63. The Balaban J connectivity index is 1.36. The van der Waals surface area contributed by atoms with Gasteiger partial charge in [0.2, 0.25) is 0 Å². The zero-order chi connectivity index (χ0) is 30.7. The number of rotatable bonds is 7. The number of nitrogens with zero attached hydrogens (tertiary/aromatic N) is 6. The highest BCUT2D eigenvalue weighted by atomic mass is 35.5. The van der Waals surface area contributed by atoms with E-state index in [9.17, 15) is 10.1 Å². The van der Waals surface area contributed by atoms with Crippen LogP contribution in [0, 0.1) is 28.6 Å². The molecule has 2 bridgehead atoms. The Bertz CT molecular complexity index is 2010. The van der Waals surface area contributed by atoms with E-state index in [-0.39, 0.29) is 11.0 Å². The molecule has 10 heteroatoms. The standard InChI is InChI=1S/C34H35ClN8O/c1-34(2,3)18-38-30-21(15-36)16-37-31-26(30)13-22(14-27(31)35)39-32(24-6-5-7-25-23(24)8-9-42(4)33(25)44)28-17-43(41-40-28)29-12-19-10-20(29)11-19/h5-9,13-14,16-17,19-20,29,32,39H,10-12,18H2,1-4H3,(H,37,38)/t19?,20?,29?,32-/m0/s1. The van der Waals surface area contributed by atoms with Crippen LogP contribution in [-0.2, 0) is 7.05 Å². The van der Waals surface area contributed by atoms with E-state index in [1.54, 1.807) is 24.0 Å². The quantitative estimate of drug-likeness (QED) is 0.209. The minimum Gasteiger partial charge on any atom is -0.383 e. The SMILES string of the molecule is Cn1ccc2c([C@H](Nc3cc(Cl)c4ncc(C#N)c(NCC(C)(C)C)c4c3)c3cn(C4CC5CC4C5)nn3)cccc2c1=O. The Hall–Kier alpha value is -4.42. The van der Waals surface area contributed by atoms with Gasteiger partial charge >= 0.3 is 0 Å². The molecule has 2 atom stereocenters. The lowest BCUT2D eigenvalue weighted by atomic mass is 9.84. The maximum Gasteiger partial charge on any atom is 0.258 e. The van der Waals surface area contributed by atoms with E-state index in [0.29, 0.717) is 45.7 Å². The van der Waals surface area contributed by atoms with Gasteiger partial charge in [0.15, 0.2) is 0 Å². The van der Waals surface area contributed by atoms with E-state index in [2.05, 4.69) is 59.0 Å². The van der Waals surface area contributed by atoms with Gasteiger partial charge in [-0.05, 0) is 71.7 Å². The van der Waals surface area contributed by atoms with Crippen molar-refractivity contribution in [2.45, 2.75) is 52.1 Å². The number of aryl methyl sites for hydroxylation is 1. The van der Waals surface area contributed by atoms with E-state index in [1.807, 2.05) is 41.1 Å². The van der Waals surface area contributed by atoms with Crippen LogP contribution in [-0.4, -0.2) is 31.1 Å². The van der Waals surface area contributed by atoms with Crippen molar-refractivity contribution in [1.29, 1.82) is 5.26 Å². The zero-order valence-electron chi connectivity index (χ0n) is 25.3. The molecule has 3 aliphatic carbocycles. The molecule has 44 heavy (non-hydrogen) atoms. The van der Waals surface area contributed by atoms with Crippen LogP contribution >= 0.6 is 11.6 Å². The van der Waals surface area contributed by atoms with Crippen molar-refractivity contribution in [3.63, 3.8) is 0 Å². The molecular formula is C34H35ClN8O. The van der Waals surface area contributed by atoms with Crippen molar-refractivity contribution in [2.24, 2.45) is 24.3 Å². The van der Waals surface area contributed by atoms with Crippen molar-refractivity contribution >= 4 is 44.7 Å². The molecule has 0 saturated heterocycles.